The van der Waals surface area contributed by atoms with Crippen LogP contribution < -0.4 is 10.9 Å². The summed E-state index contributed by atoms with van der Waals surface area (Å²) in [6.07, 6.45) is 3.10. The molecule has 0 saturated carbocycles. The van der Waals surface area contributed by atoms with Gasteiger partial charge >= 0.3 is 5.63 Å². The van der Waals surface area contributed by atoms with E-state index in [9.17, 15) is 9.59 Å². The van der Waals surface area contributed by atoms with Gasteiger partial charge < -0.3 is 14.2 Å². The lowest BCUT2D eigenvalue weighted by Gasteiger charge is -2.09. The fourth-order valence-electron chi connectivity index (χ4n) is 3.23. The molecule has 6 nitrogen and oxygen atoms in total. The predicted octanol–water partition coefficient (Wildman–Crippen LogP) is 4.04. The number of furan rings is 1. The average molecular weight is 362 g/mol. The van der Waals surface area contributed by atoms with E-state index in [0.717, 1.165) is 27.7 Å². The Morgan fingerprint density at radius 1 is 1.07 bits per heavy atom. The quantitative estimate of drug-likeness (QED) is 0.556. The number of amides is 1. The molecule has 0 spiro atoms. The molecule has 0 aliphatic heterocycles. The first-order chi connectivity index (χ1) is 12.9. The Balaban J connectivity index is 1.76. The summed E-state index contributed by atoms with van der Waals surface area (Å²) in [6, 6.07) is 7.16. The number of aromatic nitrogens is 1. The molecule has 0 radical (unpaired) electrons. The third kappa shape index (κ3) is 2.99. The van der Waals surface area contributed by atoms with Crippen molar-refractivity contribution in [1.82, 2.24) is 4.98 Å². The number of nitrogens with one attached hydrogen (secondary N) is 1. The number of carbonyl (C=O) groups is 1. The van der Waals surface area contributed by atoms with Crippen LogP contribution in [0.5, 0.6) is 0 Å². The molecule has 0 atom stereocenters. The van der Waals surface area contributed by atoms with Gasteiger partial charge in [-0.25, -0.2) is 4.79 Å². The van der Waals surface area contributed by atoms with Gasteiger partial charge in [-0.15, -0.1) is 0 Å². The van der Waals surface area contributed by atoms with Gasteiger partial charge in [0.1, 0.15) is 16.9 Å². The van der Waals surface area contributed by atoms with E-state index in [4.69, 9.17) is 8.83 Å². The first-order valence-electron chi connectivity index (χ1n) is 8.60. The molecule has 6 heteroatoms. The minimum atomic E-state index is -0.513. The lowest BCUT2D eigenvalue weighted by molar-refractivity contribution is -0.115. The van der Waals surface area contributed by atoms with Crippen molar-refractivity contribution >= 4 is 33.5 Å². The molecular formula is C21H18N2O4. The second-order valence-corrected chi connectivity index (χ2v) is 6.59. The fourth-order valence-corrected chi connectivity index (χ4v) is 3.23. The summed E-state index contributed by atoms with van der Waals surface area (Å²) >= 11 is 0. The Kier molecular flexibility index (Phi) is 4.03. The van der Waals surface area contributed by atoms with E-state index in [1.807, 2.05) is 26.8 Å². The summed E-state index contributed by atoms with van der Waals surface area (Å²) in [5.74, 6) is 0.533. The van der Waals surface area contributed by atoms with Crippen LogP contribution in [0.4, 0.5) is 5.69 Å². The van der Waals surface area contributed by atoms with Crippen LogP contribution in [0.3, 0.4) is 0 Å². The predicted molar refractivity (Wildman–Crippen MR) is 103 cm³/mol. The molecule has 1 aromatic carbocycles. The molecule has 0 fully saturated rings. The molecule has 4 aromatic rings. The molecule has 136 valence electrons. The molecule has 0 aliphatic rings. The van der Waals surface area contributed by atoms with Crippen LogP contribution in [0.25, 0.3) is 21.9 Å². The lowest BCUT2D eigenvalue weighted by atomic mass is 10.0. The average Bonchev–Trinajstić information content (AvgIpc) is 2.92. The molecule has 0 saturated heterocycles. The van der Waals surface area contributed by atoms with Crippen molar-refractivity contribution in [2.45, 2.75) is 27.2 Å². The van der Waals surface area contributed by atoms with Crippen LogP contribution in [-0.4, -0.2) is 10.9 Å². The van der Waals surface area contributed by atoms with E-state index in [1.165, 1.54) is 0 Å². The van der Waals surface area contributed by atoms with Crippen molar-refractivity contribution in [3.63, 3.8) is 0 Å². The van der Waals surface area contributed by atoms with Crippen LogP contribution in [-0.2, 0) is 11.2 Å². The topological polar surface area (TPSA) is 85.3 Å². The van der Waals surface area contributed by atoms with Crippen LogP contribution in [0, 0.1) is 20.8 Å². The van der Waals surface area contributed by atoms with Gasteiger partial charge in [0, 0.05) is 23.0 Å². The second kappa shape index (κ2) is 6.39. The van der Waals surface area contributed by atoms with Gasteiger partial charge in [-0.05, 0) is 50.1 Å². The molecule has 3 heterocycles. The minimum Gasteiger partial charge on any atom is -0.461 e. The van der Waals surface area contributed by atoms with Gasteiger partial charge in [0.05, 0.1) is 23.9 Å². The van der Waals surface area contributed by atoms with E-state index in [1.54, 1.807) is 30.6 Å². The van der Waals surface area contributed by atoms with Crippen LogP contribution in [0.15, 0.2) is 50.3 Å². The second-order valence-electron chi connectivity index (χ2n) is 6.59. The monoisotopic (exact) mass is 362 g/mol. The van der Waals surface area contributed by atoms with E-state index in [2.05, 4.69) is 10.3 Å². The van der Waals surface area contributed by atoms with Gasteiger partial charge in [0.25, 0.3) is 0 Å². The van der Waals surface area contributed by atoms with Crippen molar-refractivity contribution in [1.29, 1.82) is 0 Å². The molecular weight excluding hydrogens is 344 g/mol. The maximum absolute atomic E-state index is 12.5. The third-order valence-electron chi connectivity index (χ3n) is 4.87. The summed E-state index contributed by atoms with van der Waals surface area (Å²) < 4.78 is 11.2. The van der Waals surface area contributed by atoms with Gasteiger partial charge in [-0.2, -0.15) is 0 Å². The summed E-state index contributed by atoms with van der Waals surface area (Å²) in [7, 11) is 0. The Morgan fingerprint density at radius 2 is 1.81 bits per heavy atom. The van der Waals surface area contributed by atoms with Crippen molar-refractivity contribution in [3.05, 3.63) is 69.5 Å². The summed E-state index contributed by atoms with van der Waals surface area (Å²) in [4.78, 5) is 28.8. The van der Waals surface area contributed by atoms with Gasteiger partial charge in [-0.1, -0.05) is 0 Å². The zero-order valence-corrected chi connectivity index (χ0v) is 15.3. The highest BCUT2D eigenvalue weighted by Gasteiger charge is 2.17. The number of carbonyl (C=O) groups excluding carboxylic acids is 1. The first kappa shape index (κ1) is 17.0. The number of hydrogen-bond acceptors (Lipinski definition) is 5. The Labute approximate surface area is 154 Å². The maximum atomic E-state index is 12.5. The van der Waals surface area contributed by atoms with Crippen LogP contribution in [0.2, 0.25) is 0 Å². The van der Waals surface area contributed by atoms with Crippen molar-refractivity contribution < 1.29 is 13.6 Å². The van der Waals surface area contributed by atoms with E-state index >= 15 is 0 Å². The number of aryl methyl sites for hydroxylation is 3. The highest BCUT2D eigenvalue weighted by Crippen LogP contribution is 2.31. The number of benzene rings is 1. The fraction of sp³-hybridized carbons (Fsp3) is 0.190. The van der Waals surface area contributed by atoms with E-state index in [-0.39, 0.29) is 12.3 Å². The standard InChI is InChI=1S/C21H18N2O4/c1-11-13(3)26-18-9-19-16(7-15(11)18)12(2)17(21(25)27-19)8-20(24)23-14-5-4-6-22-10-14/h4-7,9-10H,8H2,1-3H3,(H,23,24). The number of rotatable bonds is 3. The molecule has 0 unspecified atom stereocenters. The number of pyridine rings is 1. The maximum Gasteiger partial charge on any atom is 0.340 e. The number of hydrogen-bond donors (Lipinski definition) is 1. The van der Waals surface area contributed by atoms with Gasteiger partial charge in [0.15, 0.2) is 0 Å². The minimum absolute atomic E-state index is 0.0690. The van der Waals surface area contributed by atoms with Gasteiger partial charge in [0.2, 0.25) is 5.91 Å². The number of nitrogens with zero attached hydrogens (tertiary/aromatic N) is 1. The Bertz CT molecular complexity index is 1240. The van der Waals surface area contributed by atoms with Gasteiger partial charge in [-0.3, -0.25) is 9.78 Å². The van der Waals surface area contributed by atoms with E-state index in [0.29, 0.717) is 22.4 Å². The molecule has 4 rings (SSSR count). The summed E-state index contributed by atoms with van der Waals surface area (Å²) in [5.41, 5.74) is 3.34. The third-order valence-corrected chi connectivity index (χ3v) is 4.87. The van der Waals surface area contributed by atoms with Crippen LogP contribution in [0.1, 0.15) is 22.5 Å². The first-order valence-corrected chi connectivity index (χ1v) is 8.60. The van der Waals surface area contributed by atoms with Crippen molar-refractivity contribution in [2.75, 3.05) is 5.32 Å². The van der Waals surface area contributed by atoms with Crippen LogP contribution >= 0.6 is 0 Å². The smallest absolute Gasteiger partial charge is 0.340 e. The highest BCUT2D eigenvalue weighted by molar-refractivity contribution is 5.98. The molecule has 1 N–H and O–H groups in total. The summed E-state index contributed by atoms with van der Waals surface area (Å²) in [6.45, 7) is 5.72. The van der Waals surface area contributed by atoms with Crippen molar-refractivity contribution in [2.24, 2.45) is 0 Å². The number of fused-ring (bicyclic) bond motifs is 2. The molecule has 0 bridgehead atoms. The zero-order chi connectivity index (χ0) is 19.1. The Morgan fingerprint density at radius 3 is 2.56 bits per heavy atom. The highest BCUT2D eigenvalue weighted by atomic mass is 16.4. The normalized spacial score (nSPS) is 11.2. The Hall–Kier alpha value is -3.41. The molecule has 27 heavy (non-hydrogen) atoms. The molecule has 3 aromatic heterocycles. The SMILES string of the molecule is Cc1oc2cc3oc(=O)c(CC(=O)Nc4cccnc4)c(C)c3cc2c1C. The largest absolute Gasteiger partial charge is 0.461 e. The van der Waals surface area contributed by atoms with E-state index < -0.39 is 5.63 Å². The number of anilines is 1. The molecule has 0 aliphatic carbocycles. The summed E-state index contributed by atoms with van der Waals surface area (Å²) in [5, 5.41) is 4.51. The molecule has 1 amide bonds. The lowest BCUT2D eigenvalue weighted by Crippen LogP contribution is -2.20. The van der Waals surface area contributed by atoms with Crippen molar-refractivity contribution in [3.8, 4) is 0 Å². The zero-order valence-electron chi connectivity index (χ0n) is 15.3.